The Hall–Kier alpha value is -3.74. The number of carbonyl (C=O) groups excluding carboxylic acids is 2. The average molecular weight is 390 g/mol. The summed E-state index contributed by atoms with van der Waals surface area (Å²) in [6, 6.07) is 15.9. The van der Waals surface area contributed by atoms with Gasteiger partial charge >= 0.3 is 0 Å². The molecule has 7 nitrogen and oxygen atoms in total. The Morgan fingerprint density at radius 1 is 1.00 bits per heavy atom. The monoisotopic (exact) mass is 390 g/mol. The topological polar surface area (TPSA) is 93.1 Å². The molecule has 3 rings (SSSR count). The van der Waals surface area contributed by atoms with Crippen molar-refractivity contribution >= 4 is 23.2 Å². The van der Waals surface area contributed by atoms with Gasteiger partial charge in [0.05, 0.1) is 5.69 Å². The molecule has 29 heavy (non-hydrogen) atoms. The molecule has 148 valence electrons. The van der Waals surface area contributed by atoms with Gasteiger partial charge in [0.2, 0.25) is 11.3 Å². The fraction of sp³-hybridized carbons (Fsp3) is 0.182. The lowest BCUT2D eigenvalue weighted by Crippen LogP contribution is -2.27. The maximum Gasteiger partial charge on any atom is 0.280 e. The number of benzene rings is 2. The molecule has 1 aromatic heterocycles. The van der Waals surface area contributed by atoms with Crippen molar-refractivity contribution in [3.05, 3.63) is 81.8 Å². The van der Waals surface area contributed by atoms with Crippen molar-refractivity contribution in [2.45, 2.75) is 27.2 Å². The van der Waals surface area contributed by atoms with Gasteiger partial charge in [0.25, 0.3) is 5.91 Å². The number of nitrogens with one attached hydrogen (secondary N) is 2. The SMILES string of the molecule is CCC(=O)Nc1ccc(C)c(NC(=O)c2nn(-c3ccccc3)c(C)cc2=O)c1. The average Bonchev–Trinajstić information content (AvgIpc) is 2.71. The zero-order valence-corrected chi connectivity index (χ0v) is 16.5. The number of aromatic nitrogens is 2. The normalized spacial score (nSPS) is 10.4. The smallest absolute Gasteiger partial charge is 0.280 e. The maximum atomic E-state index is 12.8. The van der Waals surface area contributed by atoms with Gasteiger partial charge in [-0.1, -0.05) is 31.2 Å². The van der Waals surface area contributed by atoms with Crippen LogP contribution < -0.4 is 16.1 Å². The first-order valence-corrected chi connectivity index (χ1v) is 9.27. The molecular weight excluding hydrogens is 368 g/mol. The second-order valence-electron chi connectivity index (χ2n) is 6.63. The fourth-order valence-electron chi connectivity index (χ4n) is 2.80. The van der Waals surface area contributed by atoms with Crippen LogP contribution in [0.25, 0.3) is 5.69 Å². The molecule has 0 fully saturated rings. The van der Waals surface area contributed by atoms with E-state index in [0.717, 1.165) is 11.3 Å². The number of rotatable bonds is 5. The van der Waals surface area contributed by atoms with Gasteiger partial charge in [-0.2, -0.15) is 5.10 Å². The van der Waals surface area contributed by atoms with Crippen molar-refractivity contribution in [2.75, 3.05) is 10.6 Å². The quantitative estimate of drug-likeness (QED) is 0.698. The van der Waals surface area contributed by atoms with Gasteiger partial charge in [0.15, 0.2) is 5.69 Å². The number of hydrogen-bond acceptors (Lipinski definition) is 4. The molecule has 0 unspecified atom stereocenters. The van der Waals surface area contributed by atoms with Gasteiger partial charge in [-0.15, -0.1) is 0 Å². The van der Waals surface area contributed by atoms with Crippen molar-refractivity contribution in [3.8, 4) is 5.69 Å². The Labute approximate surface area is 168 Å². The molecule has 0 aliphatic rings. The number of hydrogen-bond donors (Lipinski definition) is 2. The largest absolute Gasteiger partial charge is 0.326 e. The second-order valence-corrected chi connectivity index (χ2v) is 6.63. The lowest BCUT2D eigenvalue weighted by Gasteiger charge is -2.13. The molecule has 2 N–H and O–H groups in total. The summed E-state index contributed by atoms with van der Waals surface area (Å²) in [7, 11) is 0. The molecule has 2 amide bonds. The van der Waals surface area contributed by atoms with Crippen LogP contribution >= 0.6 is 0 Å². The highest BCUT2D eigenvalue weighted by Gasteiger charge is 2.16. The molecule has 7 heteroatoms. The zero-order valence-electron chi connectivity index (χ0n) is 16.5. The van der Waals surface area contributed by atoms with E-state index in [1.165, 1.54) is 6.07 Å². The van der Waals surface area contributed by atoms with Gasteiger partial charge < -0.3 is 10.6 Å². The molecule has 0 aliphatic heterocycles. The van der Waals surface area contributed by atoms with E-state index in [-0.39, 0.29) is 11.6 Å². The number of amides is 2. The molecule has 0 saturated heterocycles. The summed E-state index contributed by atoms with van der Waals surface area (Å²) in [5.74, 6) is -0.737. The van der Waals surface area contributed by atoms with Crippen LogP contribution in [0.15, 0.2) is 59.4 Å². The Morgan fingerprint density at radius 3 is 2.41 bits per heavy atom. The Balaban J connectivity index is 1.93. The summed E-state index contributed by atoms with van der Waals surface area (Å²) < 4.78 is 1.56. The van der Waals surface area contributed by atoms with E-state index in [9.17, 15) is 14.4 Å². The van der Waals surface area contributed by atoms with Crippen molar-refractivity contribution in [1.82, 2.24) is 9.78 Å². The summed E-state index contributed by atoms with van der Waals surface area (Å²) in [6.07, 6.45) is 0.349. The summed E-state index contributed by atoms with van der Waals surface area (Å²) in [6.45, 7) is 5.34. The van der Waals surface area contributed by atoms with Crippen LogP contribution in [0, 0.1) is 13.8 Å². The predicted molar refractivity (Wildman–Crippen MR) is 113 cm³/mol. The minimum atomic E-state index is -0.609. The third kappa shape index (κ3) is 4.57. The van der Waals surface area contributed by atoms with Crippen LogP contribution in [0.3, 0.4) is 0 Å². The van der Waals surface area contributed by atoms with Crippen LogP contribution in [0.1, 0.15) is 35.1 Å². The van der Waals surface area contributed by atoms with Crippen LogP contribution in [-0.2, 0) is 4.79 Å². The Kier molecular flexibility index (Phi) is 5.87. The first-order valence-electron chi connectivity index (χ1n) is 9.27. The standard InChI is InChI=1S/C22H22N4O3/c1-4-20(28)23-16-11-10-14(2)18(13-16)24-22(29)21-19(27)12-15(3)26(25-21)17-8-6-5-7-9-17/h5-13H,4H2,1-3H3,(H,23,28)(H,24,29). The summed E-state index contributed by atoms with van der Waals surface area (Å²) in [5, 5.41) is 9.76. The van der Waals surface area contributed by atoms with Crippen molar-refractivity contribution in [2.24, 2.45) is 0 Å². The molecule has 0 atom stereocenters. The fourth-order valence-corrected chi connectivity index (χ4v) is 2.80. The lowest BCUT2D eigenvalue weighted by atomic mass is 10.1. The van der Waals surface area contributed by atoms with E-state index in [4.69, 9.17) is 0 Å². The molecule has 0 bridgehead atoms. The predicted octanol–water partition coefficient (Wildman–Crippen LogP) is 3.45. The molecule has 0 spiro atoms. The van der Waals surface area contributed by atoms with Gasteiger partial charge in [0, 0.05) is 29.6 Å². The summed E-state index contributed by atoms with van der Waals surface area (Å²) >= 11 is 0. The van der Waals surface area contributed by atoms with Crippen LogP contribution in [0.4, 0.5) is 11.4 Å². The van der Waals surface area contributed by atoms with E-state index in [1.807, 2.05) is 37.3 Å². The first kappa shape index (κ1) is 20.0. The number of nitrogens with zero attached hydrogens (tertiary/aromatic N) is 2. The van der Waals surface area contributed by atoms with E-state index in [2.05, 4.69) is 15.7 Å². The van der Waals surface area contributed by atoms with E-state index in [1.54, 1.807) is 36.7 Å². The first-order chi connectivity index (χ1) is 13.9. The minimum Gasteiger partial charge on any atom is -0.326 e. The number of anilines is 2. The van der Waals surface area contributed by atoms with E-state index >= 15 is 0 Å². The Morgan fingerprint density at radius 2 is 1.72 bits per heavy atom. The lowest BCUT2D eigenvalue weighted by molar-refractivity contribution is -0.115. The van der Waals surface area contributed by atoms with Gasteiger partial charge in [0.1, 0.15) is 0 Å². The molecule has 0 saturated carbocycles. The van der Waals surface area contributed by atoms with Crippen LogP contribution in [0.5, 0.6) is 0 Å². The third-order valence-electron chi connectivity index (χ3n) is 4.41. The number of carbonyl (C=O) groups is 2. The van der Waals surface area contributed by atoms with Crippen molar-refractivity contribution < 1.29 is 9.59 Å². The second kappa shape index (κ2) is 8.52. The van der Waals surface area contributed by atoms with Gasteiger partial charge in [-0.25, -0.2) is 4.68 Å². The number of para-hydroxylation sites is 1. The van der Waals surface area contributed by atoms with E-state index < -0.39 is 11.3 Å². The molecule has 1 heterocycles. The summed E-state index contributed by atoms with van der Waals surface area (Å²) in [5.41, 5.74) is 2.57. The number of aryl methyl sites for hydroxylation is 2. The molecule has 0 radical (unpaired) electrons. The Bertz CT molecular complexity index is 1120. The summed E-state index contributed by atoms with van der Waals surface area (Å²) in [4.78, 5) is 36.8. The van der Waals surface area contributed by atoms with Crippen LogP contribution in [-0.4, -0.2) is 21.6 Å². The highest BCUT2D eigenvalue weighted by Crippen LogP contribution is 2.21. The molecule has 0 aliphatic carbocycles. The van der Waals surface area contributed by atoms with Crippen LogP contribution in [0.2, 0.25) is 0 Å². The molecule has 3 aromatic rings. The maximum absolute atomic E-state index is 12.8. The zero-order chi connectivity index (χ0) is 21.0. The van der Waals surface area contributed by atoms with Gasteiger partial charge in [-0.3, -0.25) is 14.4 Å². The minimum absolute atomic E-state index is 0.128. The van der Waals surface area contributed by atoms with Crippen molar-refractivity contribution in [3.63, 3.8) is 0 Å². The highest BCUT2D eigenvalue weighted by molar-refractivity contribution is 6.03. The highest BCUT2D eigenvalue weighted by atomic mass is 16.2. The molecule has 2 aromatic carbocycles. The van der Waals surface area contributed by atoms with E-state index in [0.29, 0.717) is 23.5 Å². The molecular formula is C22H22N4O3. The van der Waals surface area contributed by atoms with Crippen molar-refractivity contribution in [1.29, 1.82) is 0 Å². The van der Waals surface area contributed by atoms with Gasteiger partial charge in [-0.05, 0) is 43.7 Å². The third-order valence-corrected chi connectivity index (χ3v) is 4.41.